The average Bonchev–Trinajstić information content (AvgIpc) is 2.55. The van der Waals surface area contributed by atoms with Crippen LogP contribution < -0.4 is 15.0 Å². The van der Waals surface area contributed by atoms with E-state index in [-0.39, 0.29) is 27.7 Å². The van der Waals surface area contributed by atoms with E-state index in [4.69, 9.17) is 20.1 Å². The molecule has 26 heavy (non-hydrogen) atoms. The minimum atomic E-state index is -3.91. The fourth-order valence-corrected chi connectivity index (χ4v) is 2.82. The monoisotopic (exact) mass is 402 g/mol. The van der Waals surface area contributed by atoms with Gasteiger partial charge in [-0.15, -0.1) is 0 Å². The third-order valence-corrected chi connectivity index (χ3v) is 4.72. The molecule has 0 amide bonds. The molecule has 0 unspecified atom stereocenters. The highest BCUT2D eigenvalue weighted by molar-refractivity contribution is 7.89. The number of hydrogen-bond acceptors (Lipinski definition) is 6. The lowest BCUT2D eigenvalue weighted by atomic mass is 10.2. The number of carboxylic acids is 1. The van der Waals surface area contributed by atoms with Crippen LogP contribution in [0.2, 0.25) is 0 Å². The van der Waals surface area contributed by atoms with E-state index in [2.05, 4.69) is 0 Å². The second kappa shape index (κ2) is 8.76. The highest BCUT2D eigenvalue weighted by Crippen LogP contribution is 2.22. The van der Waals surface area contributed by atoms with Crippen molar-refractivity contribution >= 4 is 26.0 Å². The predicted molar refractivity (Wildman–Crippen MR) is 93.8 cm³/mol. The summed E-state index contributed by atoms with van der Waals surface area (Å²) in [6, 6.07) is 11.3. The van der Waals surface area contributed by atoms with Gasteiger partial charge in [0.25, 0.3) is 0 Å². The Kier molecular flexibility index (Phi) is 7.27. The fraction of sp³-hybridized carbons (Fsp3) is 0.133. The Labute approximate surface area is 151 Å². The average molecular weight is 402 g/mol. The Morgan fingerprint density at radius 2 is 1.50 bits per heavy atom. The number of hydrogen-bond donors (Lipinski definition) is 3. The zero-order chi connectivity index (χ0) is 20.0. The van der Waals surface area contributed by atoms with Crippen LogP contribution in [0, 0.1) is 0 Å². The minimum Gasteiger partial charge on any atom is -0.493 e. The van der Waals surface area contributed by atoms with Gasteiger partial charge < -0.3 is 9.84 Å². The van der Waals surface area contributed by atoms with Crippen molar-refractivity contribution in [3.8, 4) is 5.75 Å². The van der Waals surface area contributed by atoms with Crippen LogP contribution in [-0.4, -0.2) is 34.5 Å². The van der Waals surface area contributed by atoms with Crippen LogP contribution in [0.4, 0.5) is 0 Å². The summed E-state index contributed by atoms with van der Waals surface area (Å²) in [5.74, 6) is -1.16. The lowest BCUT2D eigenvalue weighted by Crippen LogP contribution is -2.13. The van der Waals surface area contributed by atoms with Crippen molar-refractivity contribution in [1.82, 2.24) is 0 Å². The maximum Gasteiger partial charge on any atom is 0.339 e. The number of aromatic carboxylic acids is 1. The van der Waals surface area contributed by atoms with E-state index >= 15 is 0 Å². The van der Waals surface area contributed by atoms with Gasteiger partial charge in [0.15, 0.2) is 0 Å². The number of sulfonamides is 2. The molecule has 2 aromatic rings. The third-order valence-electron chi connectivity index (χ3n) is 2.88. The van der Waals surface area contributed by atoms with Crippen LogP contribution in [0.1, 0.15) is 17.3 Å². The number of carboxylic acid groups (broad SMARTS) is 1. The molecular formula is C15H18N2O7S2. The van der Waals surface area contributed by atoms with Crippen LogP contribution in [0.15, 0.2) is 58.3 Å². The number of rotatable bonds is 5. The summed E-state index contributed by atoms with van der Waals surface area (Å²) >= 11 is 0. The number of benzene rings is 2. The molecule has 0 aliphatic heterocycles. The van der Waals surface area contributed by atoms with Gasteiger partial charge in [0, 0.05) is 0 Å². The molecule has 0 atom stereocenters. The quantitative estimate of drug-likeness (QED) is 0.663. The zero-order valence-electron chi connectivity index (χ0n) is 13.7. The van der Waals surface area contributed by atoms with Gasteiger partial charge in [0.2, 0.25) is 20.0 Å². The fourth-order valence-electron chi connectivity index (χ4n) is 1.74. The Morgan fingerprint density at radius 1 is 0.962 bits per heavy atom. The first-order valence-electron chi connectivity index (χ1n) is 7.07. The number of primary sulfonamides is 2. The van der Waals surface area contributed by atoms with Gasteiger partial charge >= 0.3 is 5.97 Å². The van der Waals surface area contributed by atoms with Crippen LogP contribution in [0.3, 0.4) is 0 Å². The Morgan fingerprint density at radius 3 is 1.88 bits per heavy atom. The first-order valence-corrected chi connectivity index (χ1v) is 10.2. The first kappa shape index (κ1) is 21.6. The molecule has 9 nitrogen and oxygen atoms in total. The van der Waals surface area contributed by atoms with Crippen LogP contribution in [-0.2, 0) is 20.0 Å². The van der Waals surface area contributed by atoms with E-state index in [9.17, 15) is 21.6 Å². The summed E-state index contributed by atoms with van der Waals surface area (Å²) in [7, 11) is -7.41. The molecule has 0 radical (unpaired) electrons. The molecule has 2 rings (SSSR count). The lowest BCUT2D eigenvalue weighted by Gasteiger charge is -2.08. The van der Waals surface area contributed by atoms with Crippen molar-refractivity contribution in [2.75, 3.05) is 6.61 Å². The highest BCUT2D eigenvalue weighted by atomic mass is 32.2. The second-order valence-corrected chi connectivity index (χ2v) is 7.92. The Hall–Kier alpha value is -2.47. The largest absolute Gasteiger partial charge is 0.493 e. The van der Waals surface area contributed by atoms with Crippen LogP contribution >= 0.6 is 0 Å². The molecule has 0 saturated heterocycles. The van der Waals surface area contributed by atoms with Gasteiger partial charge in [0.1, 0.15) is 11.3 Å². The summed E-state index contributed by atoms with van der Waals surface area (Å²) in [5, 5.41) is 18.6. The summed E-state index contributed by atoms with van der Waals surface area (Å²) in [6.07, 6.45) is 0. The van der Waals surface area contributed by atoms with Crippen LogP contribution in [0.25, 0.3) is 0 Å². The molecule has 0 saturated carbocycles. The topological polar surface area (TPSA) is 167 Å². The lowest BCUT2D eigenvalue weighted by molar-refractivity contribution is 0.0692. The van der Waals surface area contributed by atoms with E-state index in [1.165, 1.54) is 24.3 Å². The standard InChI is InChI=1S/C9H11NO5S.C6H7NO2S/c1-2-15-8-4-3-6(16(10,13)14)5-7(8)9(11)12;7-10(8,9)6-4-2-1-3-5-6/h3-5H,2H2,1H3,(H,11,12)(H2,10,13,14);1-5H,(H2,7,8,9). The molecule has 2 aromatic carbocycles. The Bertz CT molecular complexity index is 972. The molecule has 0 bridgehead atoms. The van der Waals surface area contributed by atoms with E-state index in [0.29, 0.717) is 0 Å². The highest BCUT2D eigenvalue weighted by Gasteiger charge is 2.16. The van der Waals surface area contributed by atoms with E-state index in [1.807, 2.05) is 0 Å². The molecule has 0 aliphatic rings. The first-order chi connectivity index (χ1) is 12.0. The Balaban J connectivity index is 0.000000289. The van der Waals surface area contributed by atoms with Crippen molar-refractivity contribution in [3.63, 3.8) is 0 Å². The number of carbonyl (C=O) groups is 1. The minimum absolute atomic E-state index is 0.113. The van der Waals surface area contributed by atoms with Crippen molar-refractivity contribution < 1.29 is 31.5 Å². The van der Waals surface area contributed by atoms with Gasteiger partial charge in [-0.05, 0) is 37.3 Å². The summed E-state index contributed by atoms with van der Waals surface area (Å²) in [5.41, 5.74) is -0.228. The number of nitrogens with two attached hydrogens (primary N) is 2. The van der Waals surface area contributed by atoms with Gasteiger partial charge in [-0.3, -0.25) is 0 Å². The molecule has 0 fully saturated rings. The van der Waals surface area contributed by atoms with Crippen molar-refractivity contribution in [1.29, 1.82) is 0 Å². The predicted octanol–water partition coefficient (Wildman–Crippen LogP) is 0.765. The van der Waals surface area contributed by atoms with E-state index in [1.54, 1.807) is 25.1 Å². The molecule has 5 N–H and O–H groups in total. The SMILES string of the molecule is CCOc1ccc(S(N)(=O)=O)cc1C(=O)O.NS(=O)(=O)c1ccccc1. The smallest absolute Gasteiger partial charge is 0.339 e. The number of ether oxygens (including phenoxy) is 1. The molecule has 0 heterocycles. The summed E-state index contributed by atoms with van der Waals surface area (Å²) in [6.45, 7) is 1.98. The van der Waals surface area contributed by atoms with E-state index < -0.39 is 26.0 Å². The summed E-state index contributed by atoms with van der Waals surface area (Å²) < 4.78 is 48.3. The maximum atomic E-state index is 11.0. The third kappa shape index (κ3) is 6.44. The summed E-state index contributed by atoms with van der Waals surface area (Å²) in [4.78, 5) is 10.8. The van der Waals surface area contributed by atoms with E-state index in [0.717, 1.165) is 6.07 Å². The van der Waals surface area contributed by atoms with Crippen molar-refractivity contribution in [2.45, 2.75) is 16.7 Å². The normalized spacial score (nSPS) is 11.2. The molecule has 0 aliphatic carbocycles. The molecule has 0 spiro atoms. The second-order valence-electron chi connectivity index (χ2n) is 4.80. The van der Waals surface area contributed by atoms with Crippen molar-refractivity contribution in [2.24, 2.45) is 10.3 Å². The van der Waals surface area contributed by atoms with Crippen LogP contribution in [0.5, 0.6) is 5.75 Å². The zero-order valence-corrected chi connectivity index (χ0v) is 15.3. The molecule has 142 valence electrons. The maximum absolute atomic E-state index is 11.0. The van der Waals surface area contributed by atoms with Gasteiger partial charge in [-0.1, -0.05) is 18.2 Å². The molecule has 11 heteroatoms. The van der Waals surface area contributed by atoms with Gasteiger partial charge in [0.05, 0.1) is 16.4 Å². The van der Waals surface area contributed by atoms with Gasteiger partial charge in [-0.2, -0.15) is 0 Å². The molecule has 0 aromatic heterocycles. The van der Waals surface area contributed by atoms with Crippen molar-refractivity contribution in [3.05, 3.63) is 54.1 Å². The van der Waals surface area contributed by atoms with Gasteiger partial charge in [-0.25, -0.2) is 31.9 Å². The molecular weight excluding hydrogens is 384 g/mol.